The molecule has 0 radical (unpaired) electrons. The van der Waals surface area contributed by atoms with Gasteiger partial charge in [0.1, 0.15) is 10.8 Å². The van der Waals surface area contributed by atoms with Crippen LogP contribution in [-0.4, -0.2) is 23.4 Å². The Bertz CT molecular complexity index is 998. The predicted molar refractivity (Wildman–Crippen MR) is 105 cm³/mol. The Morgan fingerprint density at radius 2 is 2.07 bits per heavy atom. The molecule has 0 saturated heterocycles. The molecule has 3 rings (SSSR count). The Balaban J connectivity index is 1.87. The lowest BCUT2D eigenvalue weighted by Crippen LogP contribution is -2.06. The largest absolute Gasteiger partial charge is 0.493 e. The molecule has 1 aliphatic rings. The molecule has 0 unspecified atom stereocenters. The van der Waals surface area contributed by atoms with Gasteiger partial charge in [-0.1, -0.05) is 37.6 Å². The number of carbonyl (C=O) groups is 1. The van der Waals surface area contributed by atoms with E-state index >= 15 is 0 Å². The van der Waals surface area contributed by atoms with Crippen molar-refractivity contribution in [3.05, 3.63) is 74.4 Å². The van der Waals surface area contributed by atoms with Gasteiger partial charge < -0.3 is 9.47 Å². The van der Waals surface area contributed by atoms with E-state index in [-0.39, 0.29) is 22.3 Å². The SMILES string of the molecule is CC(C)COc1cccc(/C=C2\N=C(c3ccc(Cl)c([N+](=O)[O-])c3)OC2=O)c1. The van der Waals surface area contributed by atoms with E-state index in [4.69, 9.17) is 21.1 Å². The summed E-state index contributed by atoms with van der Waals surface area (Å²) in [6.07, 6.45) is 1.57. The van der Waals surface area contributed by atoms with Crippen molar-refractivity contribution in [3.63, 3.8) is 0 Å². The second-order valence-electron chi connectivity index (χ2n) is 6.54. The van der Waals surface area contributed by atoms with Crippen LogP contribution >= 0.6 is 11.6 Å². The minimum Gasteiger partial charge on any atom is -0.493 e. The van der Waals surface area contributed by atoms with Gasteiger partial charge in [0.05, 0.1) is 11.5 Å². The zero-order chi connectivity index (χ0) is 20.3. The minimum absolute atomic E-state index is 0.00680. The van der Waals surface area contributed by atoms with Crippen molar-refractivity contribution < 1.29 is 19.2 Å². The molecule has 0 atom stereocenters. The maximum Gasteiger partial charge on any atom is 0.363 e. The van der Waals surface area contributed by atoms with Crippen LogP contribution in [-0.2, 0) is 9.53 Å². The Kier molecular flexibility index (Phi) is 5.75. The Labute approximate surface area is 166 Å². The molecular formula is C20H17ClN2O5. The van der Waals surface area contributed by atoms with Crippen LogP contribution in [0.1, 0.15) is 25.0 Å². The molecule has 144 valence electrons. The molecule has 0 fully saturated rings. The number of carbonyl (C=O) groups excluding carboxylic acids is 1. The number of aliphatic imine (C=N–C) groups is 1. The van der Waals surface area contributed by atoms with Gasteiger partial charge in [-0.2, -0.15) is 0 Å². The molecule has 1 aliphatic heterocycles. The first kappa shape index (κ1) is 19.6. The van der Waals surface area contributed by atoms with Crippen LogP contribution in [0.2, 0.25) is 5.02 Å². The molecule has 2 aromatic rings. The lowest BCUT2D eigenvalue weighted by molar-refractivity contribution is -0.384. The molecule has 8 heteroatoms. The Hall–Kier alpha value is -3.19. The minimum atomic E-state index is -0.638. The van der Waals surface area contributed by atoms with Gasteiger partial charge in [0.25, 0.3) is 5.69 Å². The molecule has 0 spiro atoms. The zero-order valence-corrected chi connectivity index (χ0v) is 16.0. The van der Waals surface area contributed by atoms with E-state index in [0.717, 1.165) is 5.56 Å². The normalized spacial score (nSPS) is 14.9. The van der Waals surface area contributed by atoms with Gasteiger partial charge in [-0.3, -0.25) is 10.1 Å². The van der Waals surface area contributed by atoms with Crippen molar-refractivity contribution in [3.8, 4) is 5.75 Å². The van der Waals surface area contributed by atoms with Crippen LogP contribution in [0.4, 0.5) is 5.69 Å². The lowest BCUT2D eigenvalue weighted by Gasteiger charge is -2.08. The fourth-order valence-electron chi connectivity index (χ4n) is 2.43. The quantitative estimate of drug-likeness (QED) is 0.305. The second kappa shape index (κ2) is 8.22. The number of hydrogen-bond donors (Lipinski definition) is 0. The van der Waals surface area contributed by atoms with E-state index in [1.807, 2.05) is 18.2 Å². The van der Waals surface area contributed by atoms with Crippen molar-refractivity contribution in [2.75, 3.05) is 6.61 Å². The van der Waals surface area contributed by atoms with Crippen molar-refractivity contribution in [1.82, 2.24) is 0 Å². The van der Waals surface area contributed by atoms with Crippen molar-refractivity contribution >= 4 is 35.2 Å². The van der Waals surface area contributed by atoms with Gasteiger partial charge in [0.15, 0.2) is 5.70 Å². The number of ether oxygens (including phenoxy) is 2. The Morgan fingerprint density at radius 1 is 1.29 bits per heavy atom. The Morgan fingerprint density at radius 3 is 2.79 bits per heavy atom. The van der Waals surface area contributed by atoms with E-state index in [1.165, 1.54) is 18.2 Å². The number of cyclic esters (lactones) is 1. The summed E-state index contributed by atoms with van der Waals surface area (Å²) in [6.45, 7) is 4.69. The molecule has 0 N–H and O–H groups in total. The fraction of sp³-hybridized carbons (Fsp3) is 0.200. The first-order chi connectivity index (χ1) is 13.3. The average Bonchev–Trinajstić information content (AvgIpc) is 3.01. The first-order valence-corrected chi connectivity index (χ1v) is 8.91. The smallest absolute Gasteiger partial charge is 0.363 e. The number of benzene rings is 2. The third-order valence-electron chi connectivity index (χ3n) is 3.76. The monoisotopic (exact) mass is 400 g/mol. The third-order valence-corrected chi connectivity index (χ3v) is 4.07. The maximum atomic E-state index is 12.2. The average molecular weight is 401 g/mol. The van der Waals surface area contributed by atoms with Gasteiger partial charge in [0.2, 0.25) is 5.90 Å². The summed E-state index contributed by atoms with van der Waals surface area (Å²) >= 11 is 5.81. The number of halogens is 1. The van der Waals surface area contributed by atoms with Gasteiger partial charge in [-0.05, 0) is 41.8 Å². The summed E-state index contributed by atoms with van der Waals surface area (Å²) in [5, 5.41) is 11.0. The van der Waals surface area contributed by atoms with Crippen LogP contribution < -0.4 is 4.74 Å². The van der Waals surface area contributed by atoms with Crippen LogP contribution in [0.5, 0.6) is 5.75 Å². The van der Waals surface area contributed by atoms with E-state index in [9.17, 15) is 14.9 Å². The van der Waals surface area contributed by atoms with Crippen molar-refractivity contribution in [1.29, 1.82) is 0 Å². The van der Waals surface area contributed by atoms with Gasteiger partial charge >= 0.3 is 5.97 Å². The van der Waals surface area contributed by atoms with Gasteiger partial charge in [-0.15, -0.1) is 0 Å². The van der Waals surface area contributed by atoms with Gasteiger partial charge in [-0.25, -0.2) is 9.79 Å². The predicted octanol–water partition coefficient (Wildman–Crippen LogP) is 4.63. The van der Waals surface area contributed by atoms with E-state index in [0.29, 0.717) is 23.8 Å². The number of esters is 1. The summed E-state index contributed by atoms with van der Waals surface area (Å²) in [5.74, 6) is 0.429. The van der Waals surface area contributed by atoms with Crippen molar-refractivity contribution in [2.24, 2.45) is 10.9 Å². The molecular weight excluding hydrogens is 384 g/mol. The number of rotatable bonds is 6. The number of nitro groups is 1. The second-order valence-corrected chi connectivity index (χ2v) is 6.94. The highest BCUT2D eigenvalue weighted by atomic mass is 35.5. The molecule has 28 heavy (non-hydrogen) atoms. The molecule has 1 heterocycles. The number of hydrogen-bond acceptors (Lipinski definition) is 6. The topological polar surface area (TPSA) is 91.0 Å². The van der Waals surface area contributed by atoms with E-state index < -0.39 is 10.9 Å². The van der Waals surface area contributed by atoms with Crippen molar-refractivity contribution in [2.45, 2.75) is 13.8 Å². The lowest BCUT2D eigenvalue weighted by atomic mass is 10.2. The maximum absolute atomic E-state index is 12.2. The summed E-state index contributed by atoms with van der Waals surface area (Å²) in [4.78, 5) is 26.7. The standard InChI is InChI=1S/C20H17ClN2O5/c1-12(2)11-27-15-5-3-4-13(8-15)9-17-20(24)28-19(22-17)14-6-7-16(21)18(10-14)23(25)26/h3-10,12H,11H2,1-2H3/b17-9-. The van der Waals surface area contributed by atoms with E-state index in [1.54, 1.807) is 12.1 Å². The summed E-state index contributed by atoms with van der Waals surface area (Å²) in [7, 11) is 0. The number of nitrogens with zero attached hydrogens (tertiary/aromatic N) is 2. The molecule has 2 aromatic carbocycles. The molecule has 0 amide bonds. The van der Waals surface area contributed by atoms with Gasteiger partial charge in [0, 0.05) is 11.6 Å². The van der Waals surface area contributed by atoms with Crippen LogP contribution in [0, 0.1) is 16.0 Å². The highest BCUT2D eigenvalue weighted by Gasteiger charge is 2.26. The summed E-state index contributed by atoms with van der Waals surface area (Å²) in [6, 6.07) is 11.3. The summed E-state index contributed by atoms with van der Waals surface area (Å²) < 4.78 is 10.8. The molecule has 0 saturated carbocycles. The molecule has 7 nitrogen and oxygen atoms in total. The molecule has 0 aromatic heterocycles. The first-order valence-electron chi connectivity index (χ1n) is 8.53. The third kappa shape index (κ3) is 4.55. The zero-order valence-electron chi connectivity index (χ0n) is 15.2. The van der Waals surface area contributed by atoms with Crippen LogP contribution in [0.25, 0.3) is 6.08 Å². The fourth-order valence-corrected chi connectivity index (χ4v) is 2.62. The highest BCUT2D eigenvalue weighted by molar-refractivity contribution is 6.32. The summed E-state index contributed by atoms with van der Waals surface area (Å²) in [5.41, 5.74) is 0.820. The van der Waals surface area contributed by atoms with Crippen LogP contribution in [0.3, 0.4) is 0 Å². The number of nitro benzene ring substituents is 1. The van der Waals surface area contributed by atoms with E-state index in [2.05, 4.69) is 18.8 Å². The molecule has 0 aliphatic carbocycles. The van der Waals surface area contributed by atoms with Crippen LogP contribution in [0.15, 0.2) is 53.2 Å². The highest BCUT2D eigenvalue weighted by Crippen LogP contribution is 2.28. The molecule has 0 bridgehead atoms.